The summed E-state index contributed by atoms with van der Waals surface area (Å²) in [4.78, 5) is 24.6. The summed E-state index contributed by atoms with van der Waals surface area (Å²) in [6, 6.07) is 4.84. The molecule has 2 atom stereocenters. The molecule has 1 unspecified atom stereocenters. The van der Waals surface area contributed by atoms with Gasteiger partial charge in [-0.15, -0.1) is 11.3 Å². The smallest absolute Gasteiger partial charge is 0.260 e. The van der Waals surface area contributed by atoms with E-state index in [0.29, 0.717) is 6.04 Å². The fraction of sp³-hybridized carbons (Fsp3) is 0.500. The minimum Gasteiger partial charge on any atom is -0.350 e. The Hall–Kier alpha value is -1.92. The molecule has 0 bridgehead atoms. The van der Waals surface area contributed by atoms with E-state index in [4.69, 9.17) is 4.98 Å². The number of aryl methyl sites for hydroxylation is 3. The normalized spacial score (nSPS) is 22.8. The molecule has 4 heterocycles. The van der Waals surface area contributed by atoms with Crippen LogP contribution in [0.3, 0.4) is 0 Å². The Morgan fingerprint density at radius 1 is 1.35 bits per heavy atom. The number of H-pyrrole nitrogens is 1. The molecule has 1 fully saturated rings. The van der Waals surface area contributed by atoms with Gasteiger partial charge in [-0.05, 0) is 43.4 Å². The zero-order valence-corrected chi connectivity index (χ0v) is 16.0. The van der Waals surface area contributed by atoms with Crippen molar-refractivity contribution in [3.63, 3.8) is 0 Å². The molecule has 0 spiro atoms. The Morgan fingerprint density at radius 2 is 2.23 bits per heavy atom. The van der Waals surface area contributed by atoms with Gasteiger partial charge in [-0.25, -0.2) is 4.98 Å². The predicted octanol–water partition coefficient (Wildman–Crippen LogP) is 2.12. The molecule has 1 aliphatic heterocycles. The summed E-state index contributed by atoms with van der Waals surface area (Å²) in [7, 11) is 2.12. The average Bonchev–Trinajstić information content (AvgIpc) is 3.32. The summed E-state index contributed by atoms with van der Waals surface area (Å²) in [6.07, 6.45) is 9.12. The van der Waals surface area contributed by atoms with Crippen LogP contribution in [0.25, 0.3) is 10.2 Å². The van der Waals surface area contributed by atoms with E-state index < -0.39 is 0 Å². The van der Waals surface area contributed by atoms with Crippen LogP contribution in [-0.2, 0) is 26.4 Å². The maximum atomic E-state index is 12.8. The maximum absolute atomic E-state index is 12.8. The predicted molar refractivity (Wildman–Crippen MR) is 104 cm³/mol. The van der Waals surface area contributed by atoms with Crippen LogP contribution in [0.5, 0.6) is 0 Å². The van der Waals surface area contributed by atoms with Crippen LogP contribution >= 0.6 is 11.3 Å². The second kappa shape index (κ2) is 6.35. The van der Waals surface area contributed by atoms with Crippen molar-refractivity contribution in [2.45, 2.75) is 51.1 Å². The first kappa shape index (κ1) is 16.3. The van der Waals surface area contributed by atoms with Crippen LogP contribution in [0.1, 0.15) is 53.7 Å². The highest BCUT2D eigenvalue weighted by atomic mass is 32.1. The van der Waals surface area contributed by atoms with Gasteiger partial charge in [-0.3, -0.25) is 4.79 Å². The largest absolute Gasteiger partial charge is 0.350 e. The van der Waals surface area contributed by atoms with Crippen LogP contribution < -0.4 is 10.5 Å². The van der Waals surface area contributed by atoms with E-state index in [9.17, 15) is 4.79 Å². The number of hydrogen-bond acceptors (Lipinski definition) is 3. The average molecular weight is 370 g/mol. The first-order valence-corrected chi connectivity index (χ1v) is 10.5. The number of nitrogens with one attached hydrogen (secondary N) is 2. The minimum atomic E-state index is 0.0680. The fourth-order valence-corrected chi connectivity index (χ4v) is 6.10. The molecule has 0 aromatic carbocycles. The van der Waals surface area contributed by atoms with Gasteiger partial charge >= 0.3 is 0 Å². The number of nitrogens with zero attached hydrogens (tertiary/aromatic N) is 2. The number of hydrogen-bond donors (Lipinski definition) is 2. The lowest BCUT2D eigenvalue weighted by atomic mass is 9.97. The summed E-state index contributed by atoms with van der Waals surface area (Å²) in [5.41, 5.74) is 2.72. The van der Waals surface area contributed by atoms with Crippen molar-refractivity contribution < 1.29 is 4.90 Å². The molecule has 1 aliphatic carbocycles. The van der Waals surface area contributed by atoms with Crippen molar-refractivity contribution in [3.05, 3.63) is 50.6 Å². The Balaban J connectivity index is 1.48. The van der Waals surface area contributed by atoms with E-state index in [1.54, 1.807) is 11.3 Å². The summed E-state index contributed by atoms with van der Waals surface area (Å²) in [6.45, 7) is 1.93. The first-order valence-electron chi connectivity index (χ1n) is 9.70. The summed E-state index contributed by atoms with van der Waals surface area (Å²) in [5, 5.41) is 0.865. The lowest BCUT2D eigenvalue weighted by Gasteiger charge is -2.21. The van der Waals surface area contributed by atoms with Crippen LogP contribution in [0.15, 0.2) is 23.1 Å². The molecule has 3 aromatic heterocycles. The van der Waals surface area contributed by atoms with Crippen LogP contribution in [-0.4, -0.2) is 21.1 Å². The number of likely N-dealkylation sites (tertiary alicyclic amines) is 1. The standard InChI is InChI=1S/C20H24N4OS/c1-23-10-4-7-14(23)15-8-5-11-24(15)12-17-21-19(25)18-13-6-2-3-9-16(13)26-20(18)22-17/h4,7,10,15H,2-3,5-6,8-9,11-12H2,1H3,(H,21,22,25)/p+1/t15-/m1/s1. The Labute approximate surface area is 156 Å². The van der Waals surface area contributed by atoms with Gasteiger partial charge < -0.3 is 14.5 Å². The highest BCUT2D eigenvalue weighted by molar-refractivity contribution is 7.18. The Bertz CT molecular complexity index is 1010. The number of aromatic nitrogens is 3. The molecule has 2 aliphatic rings. The van der Waals surface area contributed by atoms with E-state index in [2.05, 4.69) is 34.9 Å². The van der Waals surface area contributed by atoms with E-state index in [-0.39, 0.29) is 5.56 Å². The molecular formula is C20H25N4OS+. The number of quaternary nitrogens is 1. The van der Waals surface area contributed by atoms with Crippen LogP contribution in [0.4, 0.5) is 0 Å². The molecule has 0 amide bonds. The van der Waals surface area contributed by atoms with Crippen molar-refractivity contribution in [1.29, 1.82) is 0 Å². The van der Waals surface area contributed by atoms with Gasteiger partial charge in [-0.1, -0.05) is 0 Å². The minimum absolute atomic E-state index is 0.0680. The molecule has 6 heteroatoms. The van der Waals surface area contributed by atoms with Crippen molar-refractivity contribution in [2.75, 3.05) is 6.54 Å². The second-order valence-electron chi connectivity index (χ2n) is 7.73. The Morgan fingerprint density at radius 3 is 3.08 bits per heavy atom. The van der Waals surface area contributed by atoms with Crippen molar-refractivity contribution in [3.8, 4) is 0 Å². The molecule has 5 rings (SSSR count). The molecule has 2 N–H and O–H groups in total. The molecular weight excluding hydrogens is 344 g/mol. The van der Waals surface area contributed by atoms with E-state index in [1.807, 2.05) is 0 Å². The van der Waals surface area contributed by atoms with Crippen molar-refractivity contribution in [2.24, 2.45) is 7.05 Å². The number of fused-ring (bicyclic) bond motifs is 3. The number of thiophene rings is 1. The third-order valence-electron chi connectivity index (χ3n) is 6.09. The molecule has 0 saturated carbocycles. The van der Waals surface area contributed by atoms with E-state index >= 15 is 0 Å². The molecule has 26 heavy (non-hydrogen) atoms. The van der Waals surface area contributed by atoms with Gasteiger partial charge in [0.25, 0.3) is 5.56 Å². The van der Waals surface area contributed by atoms with Crippen LogP contribution in [0.2, 0.25) is 0 Å². The van der Waals surface area contributed by atoms with E-state index in [0.717, 1.165) is 42.0 Å². The van der Waals surface area contributed by atoms with Gasteiger partial charge in [0.15, 0.2) is 5.82 Å². The third-order valence-corrected chi connectivity index (χ3v) is 7.28. The lowest BCUT2D eigenvalue weighted by Crippen LogP contribution is -3.09. The maximum Gasteiger partial charge on any atom is 0.260 e. The highest BCUT2D eigenvalue weighted by Gasteiger charge is 2.32. The summed E-state index contributed by atoms with van der Waals surface area (Å²) < 4.78 is 2.22. The molecule has 0 radical (unpaired) electrons. The van der Waals surface area contributed by atoms with E-state index in [1.165, 1.54) is 46.7 Å². The number of rotatable bonds is 3. The third kappa shape index (κ3) is 2.63. The fourth-order valence-electron chi connectivity index (χ4n) is 4.82. The number of aromatic amines is 1. The zero-order valence-electron chi connectivity index (χ0n) is 15.2. The lowest BCUT2D eigenvalue weighted by molar-refractivity contribution is -0.933. The molecule has 5 nitrogen and oxygen atoms in total. The Kier molecular flexibility index (Phi) is 3.98. The van der Waals surface area contributed by atoms with Gasteiger partial charge in [-0.2, -0.15) is 0 Å². The first-order chi connectivity index (χ1) is 12.7. The van der Waals surface area contributed by atoms with Gasteiger partial charge in [0, 0.05) is 31.0 Å². The highest BCUT2D eigenvalue weighted by Crippen LogP contribution is 2.33. The van der Waals surface area contributed by atoms with Crippen LogP contribution in [0, 0.1) is 0 Å². The molecule has 136 valence electrons. The zero-order chi connectivity index (χ0) is 17.7. The summed E-state index contributed by atoms with van der Waals surface area (Å²) in [5.74, 6) is 0.845. The van der Waals surface area contributed by atoms with Gasteiger partial charge in [0.2, 0.25) is 0 Å². The molecule has 1 saturated heterocycles. The molecule has 3 aromatic rings. The van der Waals surface area contributed by atoms with Crippen molar-refractivity contribution >= 4 is 21.6 Å². The van der Waals surface area contributed by atoms with Gasteiger partial charge in [0.1, 0.15) is 17.4 Å². The van der Waals surface area contributed by atoms with Crippen molar-refractivity contribution in [1.82, 2.24) is 14.5 Å². The SMILES string of the molecule is Cn1cccc1[C@H]1CCC[NH+]1Cc1nc2sc3c(c2c(=O)[nH]1)CCCC3. The quantitative estimate of drug-likeness (QED) is 0.743. The monoisotopic (exact) mass is 369 g/mol. The van der Waals surface area contributed by atoms with Gasteiger partial charge in [0.05, 0.1) is 17.6 Å². The topological polar surface area (TPSA) is 55.1 Å². The second-order valence-corrected chi connectivity index (χ2v) is 8.81. The summed E-state index contributed by atoms with van der Waals surface area (Å²) >= 11 is 1.74.